The second-order valence-electron chi connectivity index (χ2n) is 7.75. The van der Waals surface area contributed by atoms with Crippen molar-refractivity contribution < 1.29 is 14.3 Å². The minimum absolute atomic E-state index is 0.0808. The number of amides is 1. The van der Waals surface area contributed by atoms with Gasteiger partial charge in [0.1, 0.15) is 5.75 Å². The van der Waals surface area contributed by atoms with Crippen molar-refractivity contribution >= 4 is 11.6 Å². The third kappa shape index (κ3) is 5.23. The summed E-state index contributed by atoms with van der Waals surface area (Å²) >= 11 is 0. The molecule has 4 nitrogen and oxygen atoms in total. The van der Waals surface area contributed by atoms with Gasteiger partial charge in [-0.05, 0) is 68.7 Å². The molecule has 4 heteroatoms. The molecule has 1 aromatic rings. The molecule has 1 fully saturated rings. The Morgan fingerprint density at radius 3 is 2.54 bits per heavy atom. The van der Waals surface area contributed by atoms with Gasteiger partial charge in [0.15, 0.2) is 0 Å². The monoisotopic (exact) mass is 333 g/mol. The summed E-state index contributed by atoms with van der Waals surface area (Å²) < 4.78 is 11.0. The maximum atomic E-state index is 12.5. The molecule has 0 aliphatic carbocycles. The van der Waals surface area contributed by atoms with Gasteiger partial charge >= 0.3 is 0 Å². The third-order valence-electron chi connectivity index (χ3n) is 4.99. The van der Waals surface area contributed by atoms with Gasteiger partial charge in [0, 0.05) is 18.7 Å². The third-order valence-corrected chi connectivity index (χ3v) is 4.99. The van der Waals surface area contributed by atoms with E-state index in [2.05, 4.69) is 33.0 Å². The first-order valence-corrected chi connectivity index (χ1v) is 8.88. The van der Waals surface area contributed by atoms with Crippen LogP contribution >= 0.6 is 0 Å². The first kappa shape index (κ1) is 18.8. The van der Waals surface area contributed by atoms with Gasteiger partial charge in [-0.25, -0.2) is 0 Å². The Kier molecular flexibility index (Phi) is 6.27. The lowest BCUT2D eigenvalue weighted by Crippen LogP contribution is -2.39. The van der Waals surface area contributed by atoms with E-state index in [9.17, 15) is 4.79 Å². The topological polar surface area (TPSA) is 47.6 Å². The van der Waals surface area contributed by atoms with E-state index < -0.39 is 0 Å². The van der Waals surface area contributed by atoms with E-state index in [1.165, 1.54) is 0 Å². The molecule has 0 unspecified atom stereocenters. The van der Waals surface area contributed by atoms with Gasteiger partial charge in [-0.15, -0.1) is 0 Å². The fraction of sp³-hybridized carbons (Fsp3) is 0.650. The van der Waals surface area contributed by atoms with E-state index >= 15 is 0 Å². The van der Waals surface area contributed by atoms with Crippen LogP contribution in [0.5, 0.6) is 5.75 Å². The van der Waals surface area contributed by atoms with Crippen LogP contribution in [0, 0.1) is 17.8 Å². The standard InChI is InChI=1S/C20H31NO3/c1-14(2)18(15-10-11-24-20(3,4)13-15)12-19(22)21-16-6-8-17(23-5)9-7-16/h6-9,14-15,18H,10-13H2,1-5H3,(H,21,22)/t15-,18-/m0/s1. The number of rotatable bonds is 6. The van der Waals surface area contributed by atoms with Gasteiger partial charge in [0.25, 0.3) is 0 Å². The molecule has 0 aromatic heterocycles. The first-order chi connectivity index (χ1) is 11.3. The summed E-state index contributed by atoms with van der Waals surface area (Å²) in [5.41, 5.74) is 0.735. The largest absolute Gasteiger partial charge is 0.497 e. The molecule has 1 aromatic carbocycles. The molecule has 2 rings (SSSR count). The lowest BCUT2D eigenvalue weighted by molar-refractivity contribution is -0.120. The summed E-state index contributed by atoms with van der Waals surface area (Å²) in [4.78, 5) is 12.5. The van der Waals surface area contributed by atoms with Crippen molar-refractivity contribution in [2.45, 2.75) is 52.6 Å². The van der Waals surface area contributed by atoms with Gasteiger partial charge in [0.05, 0.1) is 12.7 Å². The van der Waals surface area contributed by atoms with E-state index in [4.69, 9.17) is 9.47 Å². The van der Waals surface area contributed by atoms with Crippen LogP contribution in [0.3, 0.4) is 0 Å². The molecule has 1 aliphatic rings. The number of nitrogens with one attached hydrogen (secondary N) is 1. The van der Waals surface area contributed by atoms with Crippen molar-refractivity contribution in [3.8, 4) is 5.75 Å². The van der Waals surface area contributed by atoms with Crippen molar-refractivity contribution in [1.82, 2.24) is 0 Å². The van der Waals surface area contributed by atoms with E-state index in [-0.39, 0.29) is 11.5 Å². The summed E-state index contributed by atoms with van der Waals surface area (Å²) in [6.07, 6.45) is 2.62. The summed E-state index contributed by atoms with van der Waals surface area (Å²) in [5, 5.41) is 3.01. The molecule has 1 aliphatic heterocycles. The van der Waals surface area contributed by atoms with Crippen LogP contribution < -0.4 is 10.1 Å². The van der Waals surface area contributed by atoms with Crippen LogP contribution in [-0.4, -0.2) is 25.2 Å². The highest BCUT2D eigenvalue weighted by molar-refractivity contribution is 5.90. The zero-order valence-corrected chi connectivity index (χ0v) is 15.6. The van der Waals surface area contributed by atoms with Crippen LogP contribution in [0.25, 0.3) is 0 Å². The Bertz CT molecular complexity index is 536. The lowest BCUT2D eigenvalue weighted by Gasteiger charge is -2.40. The van der Waals surface area contributed by atoms with Crippen molar-refractivity contribution in [2.24, 2.45) is 17.8 Å². The molecule has 1 amide bonds. The quantitative estimate of drug-likeness (QED) is 0.833. The van der Waals surface area contributed by atoms with Crippen molar-refractivity contribution in [3.63, 3.8) is 0 Å². The van der Waals surface area contributed by atoms with E-state index in [1.54, 1.807) is 7.11 Å². The molecule has 2 atom stereocenters. The van der Waals surface area contributed by atoms with E-state index in [0.29, 0.717) is 24.2 Å². The summed E-state index contributed by atoms with van der Waals surface area (Å²) in [7, 11) is 1.64. The molecule has 1 saturated heterocycles. The maximum absolute atomic E-state index is 12.5. The van der Waals surface area contributed by atoms with Crippen LogP contribution in [0.1, 0.15) is 47.0 Å². The number of carbonyl (C=O) groups excluding carboxylic acids is 1. The average molecular weight is 333 g/mol. The summed E-state index contributed by atoms with van der Waals surface area (Å²) in [5.74, 6) is 2.27. The molecule has 134 valence electrons. The van der Waals surface area contributed by atoms with Crippen LogP contribution in [-0.2, 0) is 9.53 Å². The van der Waals surface area contributed by atoms with E-state index in [0.717, 1.165) is 30.9 Å². The van der Waals surface area contributed by atoms with Gasteiger partial charge in [-0.2, -0.15) is 0 Å². The Hall–Kier alpha value is -1.55. The second kappa shape index (κ2) is 8.02. The highest BCUT2D eigenvalue weighted by Gasteiger charge is 2.35. The number of benzene rings is 1. The number of methoxy groups -OCH3 is 1. The average Bonchev–Trinajstić information content (AvgIpc) is 2.52. The first-order valence-electron chi connectivity index (χ1n) is 8.88. The minimum Gasteiger partial charge on any atom is -0.497 e. The molecule has 1 heterocycles. The van der Waals surface area contributed by atoms with Crippen LogP contribution in [0.2, 0.25) is 0 Å². The minimum atomic E-state index is -0.0808. The molecule has 0 spiro atoms. The SMILES string of the molecule is COc1ccc(NC(=O)C[C@@H](C(C)C)[C@H]2CCOC(C)(C)C2)cc1. The Morgan fingerprint density at radius 2 is 2.00 bits per heavy atom. The molecule has 0 bridgehead atoms. The van der Waals surface area contributed by atoms with Crippen molar-refractivity contribution in [3.05, 3.63) is 24.3 Å². The number of anilines is 1. The molecule has 0 saturated carbocycles. The van der Waals surface area contributed by atoms with Gasteiger partial charge in [0.2, 0.25) is 5.91 Å². The van der Waals surface area contributed by atoms with Crippen LogP contribution in [0.15, 0.2) is 24.3 Å². The Morgan fingerprint density at radius 1 is 1.33 bits per heavy atom. The highest BCUT2D eigenvalue weighted by Crippen LogP contribution is 2.38. The zero-order valence-electron chi connectivity index (χ0n) is 15.6. The molecular weight excluding hydrogens is 302 g/mol. The van der Waals surface area contributed by atoms with Gasteiger partial charge < -0.3 is 14.8 Å². The second-order valence-corrected chi connectivity index (χ2v) is 7.75. The molecule has 0 radical (unpaired) electrons. The normalized spacial score (nSPS) is 21.3. The predicted molar refractivity (Wildman–Crippen MR) is 97.3 cm³/mol. The molecular formula is C20H31NO3. The van der Waals surface area contributed by atoms with Crippen molar-refractivity contribution in [1.29, 1.82) is 0 Å². The maximum Gasteiger partial charge on any atom is 0.224 e. The summed E-state index contributed by atoms with van der Waals surface area (Å²) in [6.45, 7) is 9.52. The Balaban J connectivity index is 1.97. The fourth-order valence-electron chi connectivity index (χ4n) is 3.69. The molecule has 24 heavy (non-hydrogen) atoms. The molecule has 1 N–H and O–H groups in total. The van der Waals surface area contributed by atoms with Gasteiger partial charge in [-0.3, -0.25) is 4.79 Å². The number of carbonyl (C=O) groups is 1. The zero-order chi connectivity index (χ0) is 17.7. The lowest BCUT2D eigenvalue weighted by atomic mass is 9.73. The predicted octanol–water partition coefficient (Wildman–Crippen LogP) is 4.50. The number of ether oxygens (including phenoxy) is 2. The highest BCUT2D eigenvalue weighted by atomic mass is 16.5. The smallest absolute Gasteiger partial charge is 0.224 e. The van der Waals surface area contributed by atoms with Crippen LogP contribution in [0.4, 0.5) is 5.69 Å². The van der Waals surface area contributed by atoms with E-state index in [1.807, 2.05) is 24.3 Å². The summed E-state index contributed by atoms with van der Waals surface area (Å²) in [6, 6.07) is 7.46. The Labute approximate surface area is 145 Å². The fourth-order valence-corrected chi connectivity index (χ4v) is 3.69. The van der Waals surface area contributed by atoms with Gasteiger partial charge in [-0.1, -0.05) is 13.8 Å². The number of hydrogen-bond donors (Lipinski definition) is 1. The van der Waals surface area contributed by atoms with Crippen molar-refractivity contribution in [2.75, 3.05) is 19.0 Å². The number of hydrogen-bond acceptors (Lipinski definition) is 3.